The molecule has 0 aromatic rings. The van der Waals surface area contributed by atoms with Gasteiger partial charge in [0.1, 0.15) is 5.92 Å². The molecular weight excluding hydrogens is 144 g/mol. The number of carbonyl (C=O) groups excluding carboxylic acids is 2. The van der Waals surface area contributed by atoms with Gasteiger partial charge in [-0.3, -0.25) is 9.59 Å². The maximum Gasteiger partial charge on any atom is 0.229 e. The van der Waals surface area contributed by atoms with E-state index in [1.54, 1.807) is 0 Å². The van der Waals surface area contributed by atoms with Crippen LogP contribution >= 0.6 is 0 Å². The molecule has 0 unspecified atom stereocenters. The molecule has 0 aromatic heterocycles. The number of hydrogen-bond donors (Lipinski definition) is 2. The van der Waals surface area contributed by atoms with Crippen LogP contribution in [0.15, 0.2) is 0 Å². The van der Waals surface area contributed by atoms with E-state index in [4.69, 9.17) is 11.5 Å². The van der Waals surface area contributed by atoms with E-state index in [2.05, 4.69) is 0 Å². The summed E-state index contributed by atoms with van der Waals surface area (Å²) in [4.78, 5) is 21.1. The van der Waals surface area contributed by atoms with Crippen LogP contribution in [0.4, 0.5) is 0 Å². The third kappa shape index (κ3) is 3.60. The monoisotopic (exact) mass is 158 g/mol. The Balaban J connectivity index is 3.90. The van der Waals surface area contributed by atoms with Crippen molar-refractivity contribution in [3.05, 3.63) is 0 Å². The molecule has 0 aromatic carbocycles. The van der Waals surface area contributed by atoms with E-state index in [1.807, 2.05) is 6.92 Å². The average Bonchev–Trinajstić information content (AvgIpc) is 1.87. The first-order valence-corrected chi connectivity index (χ1v) is 3.68. The maximum absolute atomic E-state index is 10.6. The van der Waals surface area contributed by atoms with Gasteiger partial charge in [-0.05, 0) is 6.42 Å². The minimum Gasteiger partial charge on any atom is -0.369 e. The zero-order valence-corrected chi connectivity index (χ0v) is 6.67. The first kappa shape index (κ1) is 9.94. The van der Waals surface area contributed by atoms with Crippen LogP contribution in [0.25, 0.3) is 0 Å². The fourth-order valence-electron chi connectivity index (χ4n) is 0.833. The van der Waals surface area contributed by atoms with Gasteiger partial charge in [0.25, 0.3) is 0 Å². The molecule has 0 aliphatic rings. The second-order valence-corrected chi connectivity index (χ2v) is 2.50. The quantitative estimate of drug-likeness (QED) is 0.541. The molecule has 0 radical (unpaired) electrons. The molecule has 0 saturated heterocycles. The van der Waals surface area contributed by atoms with Crippen LogP contribution in [-0.2, 0) is 9.59 Å². The molecule has 0 saturated carbocycles. The van der Waals surface area contributed by atoms with Crippen molar-refractivity contribution in [1.82, 2.24) is 0 Å². The van der Waals surface area contributed by atoms with E-state index in [1.165, 1.54) is 0 Å². The summed E-state index contributed by atoms with van der Waals surface area (Å²) >= 11 is 0. The highest BCUT2D eigenvalue weighted by molar-refractivity contribution is 5.98. The van der Waals surface area contributed by atoms with Crippen molar-refractivity contribution in [3.63, 3.8) is 0 Å². The first-order valence-electron chi connectivity index (χ1n) is 3.68. The summed E-state index contributed by atoms with van der Waals surface area (Å²) in [7, 11) is 0. The topological polar surface area (TPSA) is 86.2 Å². The molecule has 0 rings (SSSR count). The average molecular weight is 158 g/mol. The van der Waals surface area contributed by atoms with Gasteiger partial charge in [0.05, 0.1) is 0 Å². The van der Waals surface area contributed by atoms with Gasteiger partial charge in [0, 0.05) is 0 Å². The van der Waals surface area contributed by atoms with Crippen LogP contribution in [0.1, 0.15) is 26.2 Å². The number of primary amides is 2. The molecule has 0 aliphatic carbocycles. The molecule has 4 heteroatoms. The van der Waals surface area contributed by atoms with E-state index in [0.717, 1.165) is 12.8 Å². The lowest BCUT2D eigenvalue weighted by Crippen LogP contribution is -2.34. The summed E-state index contributed by atoms with van der Waals surface area (Å²) in [6.07, 6.45) is 2.20. The van der Waals surface area contributed by atoms with Crippen LogP contribution < -0.4 is 11.5 Å². The van der Waals surface area contributed by atoms with Gasteiger partial charge in [-0.25, -0.2) is 0 Å². The lowest BCUT2D eigenvalue weighted by molar-refractivity contribution is -0.131. The van der Waals surface area contributed by atoms with Crippen molar-refractivity contribution in [2.24, 2.45) is 17.4 Å². The van der Waals surface area contributed by atoms with Crippen LogP contribution in [0.2, 0.25) is 0 Å². The summed E-state index contributed by atoms with van der Waals surface area (Å²) in [5.74, 6) is -2.02. The molecule has 0 heterocycles. The standard InChI is InChI=1S/C7H14N2O2/c1-2-3-4-5(6(8)10)7(9)11/h5H,2-4H2,1H3,(H2,8,10)(H2,9,11). The fraction of sp³-hybridized carbons (Fsp3) is 0.714. The third-order valence-corrected chi connectivity index (χ3v) is 1.53. The van der Waals surface area contributed by atoms with Gasteiger partial charge < -0.3 is 11.5 Å². The minimum atomic E-state index is -0.782. The zero-order chi connectivity index (χ0) is 8.85. The Labute approximate surface area is 65.9 Å². The van der Waals surface area contributed by atoms with Crippen molar-refractivity contribution in [2.45, 2.75) is 26.2 Å². The minimum absolute atomic E-state index is 0.473. The van der Waals surface area contributed by atoms with Gasteiger partial charge in [0.15, 0.2) is 0 Å². The molecule has 64 valence electrons. The van der Waals surface area contributed by atoms with Crippen LogP contribution in [-0.4, -0.2) is 11.8 Å². The predicted molar refractivity (Wildman–Crippen MR) is 41.4 cm³/mol. The molecule has 0 atom stereocenters. The zero-order valence-electron chi connectivity index (χ0n) is 6.67. The second-order valence-electron chi connectivity index (χ2n) is 2.50. The van der Waals surface area contributed by atoms with E-state index in [9.17, 15) is 9.59 Å². The van der Waals surface area contributed by atoms with E-state index < -0.39 is 17.7 Å². The Morgan fingerprint density at radius 2 is 1.73 bits per heavy atom. The number of nitrogens with two attached hydrogens (primary N) is 2. The van der Waals surface area contributed by atoms with Crippen molar-refractivity contribution in [3.8, 4) is 0 Å². The lowest BCUT2D eigenvalue weighted by atomic mass is 10.0. The molecule has 4 N–H and O–H groups in total. The molecular formula is C7H14N2O2. The van der Waals surface area contributed by atoms with Crippen LogP contribution in [0, 0.1) is 5.92 Å². The second kappa shape index (κ2) is 4.71. The Hall–Kier alpha value is -1.06. The van der Waals surface area contributed by atoms with Gasteiger partial charge in [-0.2, -0.15) is 0 Å². The Kier molecular flexibility index (Phi) is 4.26. The number of rotatable bonds is 5. The van der Waals surface area contributed by atoms with Gasteiger partial charge in [0.2, 0.25) is 11.8 Å². The SMILES string of the molecule is CCCCC(C(N)=O)C(N)=O. The first-order chi connectivity index (χ1) is 5.09. The van der Waals surface area contributed by atoms with E-state index in [0.29, 0.717) is 6.42 Å². The van der Waals surface area contributed by atoms with Crippen molar-refractivity contribution in [1.29, 1.82) is 0 Å². The number of hydrogen-bond acceptors (Lipinski definition) is 2. The highest BCUT2D eigenvalue weighted by Gasteiger charge is 2.20. The number of unbranched alkanes of at least 4 members (excludes halogenated alkanes) is 1. The van der Waals surface area contributed by atoms with Gasteiger partial charge >= 0.3 is 0 Å². The third-order valence-electron chi connectivity index (χ3n) is 1.53. The summed E-state index contributed by atoms with van der Waals surface area (Å²) in [6.45, 7) is 1.97. The predicted octanol–water partition coefficient (Wildman–Crippen LogP) is -0.237. The van der Waals surface area contributed by atoms with Gasteiger partial charge in [-0.1, -0.05) is 19.8 Å². The molecule has 0 spiro atoms. The highest BCUT2D eigenvalue weighted by Crippen LogP contribution is 2.06. The maximum atomic E-state index is 10.6. The largest absolute Gasteiger partial charge is 0.369 e. The normalized spacial score (nSPS) is 10.0. The molecule has 0 fully saturated rings. The smallest absolute Gasteiger partial charge is 0.229 e. The highest BCUT2D eigenvalue weighted by atomic mass is 16.2. The molecule has 0 bridgehead atoms. The Bertz CT molecular complexity index is 143. The Morgan fingerprint density at radius 1 is 1.27 bits per heavy atom. The van der Waals surface area contributed by atoms with Crippen LogP contribution in [0.5, 0.6) is 0 Å². The summed E-state index contributed by atoms with van der Waals surface area (Å²) < 4.78 is 0. The molecule has 11 heavy (non-hydrogen) atoms. The Morgan fingerprint density at radius 3 is 2.00 bits per heavy atom. The lowest BCUT2D eigenvalue weighted by Gasteiger charge is -2.06. The van der Waals surface area contributed by atoms with E-state index in [-0.39, 0.29) is 0 Å². The molecule has 4 nitrogen and oxygen atoms in total. The van der Waals surface area contributed by atoms with E-state index >= 15 is 0 Å². The van der Waals surface area contributed by atoms with Gasteiger partial charge in [-0.15, -0.1) is 0 Å². The summed E-state index contributed by atoms with van der Waals surface area (Å²) in [5, 5.41) is 0. The van der Waals surface area contributed by atoms with Crippen LogP contribution in [0.3, 0.4) is 0 Å². The van der Waals surface area contributed by atoms with Crippen molar-refractivity contribution < 1.29 is 9.59 Å². The molecule has 0 aliphatic heterocycles. The van der Waals surface area contributed by atoms with Crippen molar-refractivity contribution in [2.75, 3.05) is 0 Å². The fourth-order valence-corrected chi connectivity index (χ4v) is 0.833. The summed E-state index contributed by atoms with van der Waals surface area (Å²) in [5.41, 5.74) is 9.88. The number of carbonyl (C=O) groups is 2. The number of amides is 2. The van der Waals surface area contributed by atoms with Crippen molar-refractivity contribution >= 4 is 11.8 Å². The summed E-state index contributed by atoms with van der Waals surface area (Å²) in [6, 6.07) is 0. The molecule has 2 amide bonds.